The summed E-state index contributed by atoms with van der Waals surface area (Å²) in [5, 5.41) is 2.34. The summed E-state index contributed by atoms with van der Waals surface area (Å²) in [5.41, 5.74) is -0.528. The Morgan fingerprint density at radius 1 is 0.810 bits per heavy atom. The molecule has 0 amide bonds. The average molecular weight is 319 g/mol. The van der Waals surface area contributed by atoms with Gasteiger partial charge in [-0.3, -0.25) is 5.09 Å². The molecular formula is C16H34NO3P-2. The van der Waals surface area contributed by atoms with Gasteiger partial charge in [0, 0.05) is 5.54 Å². The highest BCUT2D eigenvalue weighted by Gasteiger charge is 2.25. The number of unbranched alkanes of at least 4 members (excludes halogenated alkanes) is 8. The lowest BCUT2D eigenvalue weighted by atomic mass is 9.88. The van der Waals surface area contributed by atoms with E-state index in [1.807, 2.05) is 13.8 Å². The Morgan fingerprint density at radius 3 is 1.62 bits per heavy atom. The quantitative estimate of drug-likeness (QED) is 0.389. The summed E-state index contributed by atoms with van der Waals surface area (Å²) in [6, 6.07) is 0. The maximum absolute atomic E-state index is 11.0. The van der Waals surface area contributed by atoms with E-state index in [1.165, 1.54) is 44.9 Å². The minimum atomic E-state index is -4.65. The molecule has 0 bridgehead atoms. The fourth-order valence-electron chi connectivity index (χ4n) is 2.88. The third-order valence-corrected chi connectivity index (χ3v) is 5.23. The van der Waals surface area contributed by atoms with E-state index in [0.717, 1.165) is 19.3 Å². The second-order valence-electron chi connectivity index (χ2n) is 6.18. The maximum atomic E-state index is 11.0. The first-order valence-electron chi connectivity index (χ1n) is 8.70. The van der Waals surface area contributed by atoms with Gasteiger partial charge in [0.25, 0.3) is 0 Å². The molecule has 0 rings (SSSR count). The van der Waals surface area contributed by atoms with Crippen molar-refractivity contribution >= 4 is 7.75 Å². The van der Waals surface area contributed by atoms with E-state index in [-0.39, 0.29) is 0 Å². The van der Waals surface area contributed by atoms with Crippen LogP contribution in [0, 0.1) is 0 Å². The van der Waals surface area contributed by atoms with E-state index in [0.29, 0.717) is 12.8 Å². The van der Waals surface area contributed by atoms with Crippen molar-refractivity contribution < 1.29 is 14.4 Å². The fraction of sp³-hybridized carbons (Fsp3) is 1.00. The molecule has 0 unspecified atom stereocenters. The molecule has 0 spiro atoms. The summed E-state index contributed by atoms with van der Waals surface area (Å²) in [5.74, 6) is 0. The minimum Gasteiger partial charge on any atom is -0.799 e. The number of rotatable bonds is 14. The standard InChI is InChI=1S/C16H36NO3P/c1-4-7-8-9-10-11-12-13-14-15-16(5-2,6-3)17-21(18,19)20/h4-15H2,1-3H3,(H3,17,18,19,20)/p-2. The molecule has 21 heavy (non-hydrogen) atoms. The van der Waals surface area contributed by atoms with Crippen LogP contribution in [0.2, 0.25) is 0 Å². The topological polar surface area (TPSA) is 75.2 Å². The largest absolute Gasteiger partial charge is 0.799 e. The molecule has 0 aliphatic carbocycles. The van der Waals surface area contributed by atoms with Crippen molar-refractivity contribution in [2.75, 3.05) is 0 Å². The molecule has 0 atom stereocenters. The van der Waals surface area contributed by atoms with Crippen LogP contribution >= 0.6 is 7.75 Å². The van der Waals surface area contributed by atoms with Crippen LogP contribution in [-0.4, -0.2) is 5.54 Å². The third-order valence-electron chi connectivity index (χ3n) is 4.49. The Morgan fingerprint density at radius 2 is 1.24 bits per heavy atom. The van der Waals surface area contributed by atoms with Crippen LogP contribution in [0.4, 0.5) is 0 Å². The second-order valence-corrected chi connectivity index (χ2v) is 7.39. The summed E-state index contributed by atoms with van der Waals surface area (Å²) in [6.45, 7) is 6.12. The van der Waals surface area contributed by atoms with Crippen LogP contribution in [0.5, 0.6) is 0 Å². The van der Waals surface area contributed by atoms with Gasteiger partial charge in [-0.05, 0) is 27.0 Å². The van der Waals surface area contributed by atoms with Crippen LogP contribution in [0.1, 0.15) is 97.8 Å². The van der Waals surface area contributed by atoms with Gasteiger partial charge in [-0.1, -0.05) is 78.6 Å². The van der Waals surface area contributed by atoms with Crippen molar-refractivity contribution in [3.05, 3.63) is 0 Å². The van der Waals surface area contributed by atoms with E-state index >= 15 is 0 Å². The van der Waals surface area contributed by atoms with Crippen LogP contribution in [-0.2, 0) is 4.57 Å². The molecule has 0 heterocycles. The lowest BCUT2D eigenvalue weighted by molar-refractivity contribution is -0.319. The van der Waals surface area contributed by atoms with E-state index in [2.05, 4.69) is 12.0 Å². The Balaban J connectivity index is 3.82. The summed E-state index contributed by atoms with van der Waals surface area (Å²) < 4.78 is 11.0. The normalized spacial score (nSPS) is 12.8. The van der Waals surface area contributed by atoms with E-state index in [1.54, 1.807) is 0 Å². The van der Waals surface area contributed by atoms with Crippen molar-refractivity contribution in [3.8, 4) is 0 Å². The van der Waals surface area contributed by atoms with Crippen molar-refractivity contribution in [2.24, 2.45) is 0 Å². The molecule has 0 aromatic heterocycles. The van der Waals surface area contributed by atoms with E-state index in [4.69, 9.17) is 0 Å². The number of nitrogens with one attached hydrogen (secondary N) is 1. The smallest absolute Gasteiger partial charge is 0.0218 e. The van der Waals surface area contributed by atoms with E-state index < -0.39 is 13.3 Å². The fourth-order valence-corrected chi connectivity index (χ4v) is 3.89. The van der Waals surface area contributed by atoms with Crippen LogP contribution < -0.4 is 14.9 Å². The highest BCUT2D eigenvalue weighted by Crippen LogP contribution is 2.31. The number of hydrogen-bond acceptors (Lipinski definition) is 3. The lowest BCUT2D eigenvalue weighted by Crippen LogP contribution is -2.47. The van der Waals surface area contributed by atoms with Gasteiger partial charge in [-0.25, -0.2) is 0 Å². The molecule has 0 radical (unpaired) electrons. The highest BCUT2D eigenvalue weighted by molar-refractivity contribution is 7.46. The van der Waals surface area contributed by atoms with Crippen molar-refractivity contribution in [1.82, 2.24) is 5.09 Å². The van der Waals surface area contributed by atoms with Crippen LogP contribution in [0.25, 0.3) is 0 Å². The first-order chi connectivity index (χ1) is 9.89. The predicted molar refractivity (Wildman–Crippen MR) is 85.9 cm³/mol. The zero-order valence-electron chi connectivity index (χ0n) is 14.2. The molecule has 0 aromatic rings. The van der Waals surface area contributed by atoms with Gasteiger partial charge in [0.1, 0.15) is 0 Å². The van der Waals surface area contributed by atoms with Gasteiger partial charge in [0.15, 0.2) is 0 Å². The molecule has 0 saturated carbocycles. The molecule has 0 aromatic carbocycles. The Bertz CT molecular complexity index is 287. The first-order valence-corrected chi connectivity index (χ1v) is 10.2. The number of hydrogen-bond donors (Lipinski definition) is 1. The summed E-state index contributed by atoms with van der Waals surface area (Å²) in [7, 11) is -4.65. The third kappa shape index (κ3) is 11.3. The first kappa shape index (κ1) is 21.1. The van der Waals surface area contributed by atoms with Gasteiger partial charge >= 0.3 is 0 Å². The molecular weight excluding hydrogens is 285 g/mol. The molecule has 1 N–H and O–H groups in total. The molecule has 128 valence electrons. The molecule has 0 fully saturated rings. The Labute approximate surface area is 131 Å². The Hall–Kier alpha value is 0.110. The molecule has 4 nitrogen and oxygen atoms in total. The van der Waals surface area contributed by atoms with Crippen molar-refractivity contribution in [2.45, 2.75) is 103 Å². The molecule has 5 heteroatoms. The minimum absolute atomic E-state index is 0.528. The monoisotopic (exact) mass is 319 g/mol. The lowest BCUT2D eigenvalue weighted by Gasteiger charge is -2.43. The molecule has 0 aliphatic heterocycles. The maximum Gasteiger partial charge on any atom is 0.0218 e. The van der Waals surface area contributed by atoms with Gasteiger partial charge in [0.2, 0.25) is 0 Å². The van der Waals surface area contributed by atoms with Gasteiger partial charge in [-0.15, -0.1) is 0 Å². The van der Waals surface area contributed by atoms with Crippen LogP contribution in [0.15, 0.2) is 0 Å². The van der Waals surface area contributed by atoms with Gasteiger partial charge in [-0.2, -0.15) is 0 Å². The summed E-state index contributed by atoms with van der Waals surface area (Å²) in [6.07, 6.45) is 13.3. The second kappa shape index (κ2) is 11.6. The van der Waals surface area contributed by atoms with Crippen molar-refractivity contribution in [3.63, 3.8) is 0 Å². The average Bonchev–Trinajstić information content (AvgIpc) is 2.43. The van der Waals surface area contributed by atoms with Crippen LogP contribution in [0.3, 0.4) is 0 Å². The zero-order chi connectivity index (χ0) is 16.2. The Kier molecular flexibility index (Phi) is 11.7. The summed E-state index contributed by atoms with van der Waals surface area (Å²) in [4.78, 5) is 22.0. The predicted octanol–water partition coefficient (Wildman–Crippen LogP) is 3.88. The SMILES string of the molecule is CCCCCCCCCCCC(CC)(CC)NP(=O)([O-])[O-]. The van der Waals surface area contributed by atoms with Gasteiger partial charge in [0.05, 0.1) is 0 Å². The highest BCUT2D eigenvalue weighted by atomic mass is 31.2. The molecule has 0 saturated heterocycles. The van der Waals surface area contributed by atoms with E-state index in [9.17, 15) is 14.4 Å². The van der Waals surface area contributed by atoms with Gasteiger partial charge < -0.3 is 14.4 Å². The summed E-state index contributed by atoms with van der Waals surface area (Å²) >= 11 is 0. The van der Waals surface area contributed by atoms with Crippen molar-refractivity contribution in [1.29, 1.82) is 0 Å². The zero-order valence-corrected chi connectivity index (χ0v) is 15.1. The molecule has 0 aliphatic rings.